The number of likely N-dealkylation sites (tertiary alicyclic amines) is 1. The first-order valence-electron chi connectivity index (χ1n) is 9.38. The number of guanidine groups is 1. The highest BCUT2D eigenvalue weighted by molar-refractivity contribution is 9.10. The number of anilines is 1. The van der Waals surface area contributed by atoms with Crippen LogP contribution >= 0.6 is 15.9 Å². The smallest absolute Gasteiger partial charge is 0.235 e. The third-order valence-corrected chi connectivity index (χ3v) is 6.73. The van der Waals surface area contributed by atoms with Crippen LogP contribution in [0.4, 0.5) is 14.6 Å². The van der Waals surface area contributed by atoms with Crippen molar-refractivity contribution in [2.75, 3.05) is 12.4 Å². The Morgan fingerprint density at radius 2 is 1.68 bits per heavy atom. The normalized spacial score (nSPS) is 27.9. The van der Waals surface area contributed by atoms with Gasteiger partial charge in [-0.1, -0.05) is 22.7 Å². The summed E-state index contributed by atoms with van der Waals surface area (Å²) in [6, 6.07) is 8.99. The van der Waals surface area contributed by atoms with E-state index < -0.39 is 10.4 Å². The second-order valence-corrected chi connectivity index (χ2v) is 9.90. The van der Waals surface area contributed by atoms with Crippen molar-refractivity contribution in [3.8, 4) is 0 Å². The Bertz CT molecular complexity index is 762. The molecule has 3 rings (SSSR count). The van der Waals surface area contributed by atoms with E-state index in [0.29, 0.717) is 5.69 Å². The van der Waals surface area contributed by atoms with Gasteiger partial charge in [0.25, 0.3) is 0 Å². The third-order valence-electron chi connectivity index (χ3n) is 5.81. The zero-order valence-corrected chi connectivity index (χ0v) is 18.5. The minimum Gasteiger partial charge on any atom is -0.324 e. The van der Waals surface area contributed by atoms with E-state index in [9.17, 15) is 4.39 Å². The first kappa shape index (κ1) is 21.2. The number of aliphatic imine (C=N–C) groups is 1. The molecule has 154 valence electrons. The van der Waals surface area contributed by atoms with Gasteiger partial charge < -0.3 is 5.32 Å². The van der Waals surface area contributed by atoms with Crippen molar-refractivity contribution in [1.82, 2.24) is 15.3 Å². The summed E-state index contributed by atoms with van der Waals surface area (Å²) in [4.78, 5) is 6.21. The van der Waals surface area contributed by atoms with Crippen molar-refractivity contribution < 1.29 is 8.87 Å². The summed E-state index contributed by atoms with van der Waals surface area (Å²) in [5.41, 5.74) is 0.437. The van der Waals surface area contributed by atoms with Gasteiger partial charge in [0.15, 0.2) is 5.83 Å². The lowest BCUT2D eigenvalue weighted by molar-refractivity contribution is -0.0372. The van der Waals surface area contributed by atoms with Gasteiger partial charge in [-0.2, -0.15) is 0 Å². The number of nitrogens with zero attached hydrogens (tertiary/aromatic N) is 3. The van der Waals surface area contributed by atoms with E-state index >= 15 is 4.48 Å². The summed E-state index contributed by atoms with van der Waals surface area (Å²) < 4.78 is 28.2. The van der Waals surface area contributed by atoms with Crippen molar-refractivity contribution in [2.45, 2.75) is 62.2 Å². The van der Waals surface area contributed by atoms with Crippen LogP contribution in [0.2, 0.25) is 0 Å². The molecule has 0 bridgehead atoms. The predicted octanol–water partition coefficient (Wildman–Crippen LogP) is 4.76. The topological polar surface area (TPSA) is 42.9 Å². The van der Waals surface area contributed by atoms with Gasteiger partial charge in [-0.15, -0.1) is 5.12 Å². The highest BCUT2D eigenvalue weighted by Crippen LogP contribution is 2.41. The molecule has 2 aliphatic heterocycles. The molecule has 5 nitrogen and oxygen atoms in total. The monoisotopic (exact) mass is 455 g/mol. The molecule has 1 unspecified atom stereocenters. The average molecular weight is 456 g/mol. The molecule has 1 saturated heterocycles. The highest BCUT2D eigenvalue weighted by atomic mass is 79.9. The number of halogens is 3. The zero-order valence-electron chi connectivity index (χ0n) is 16.9. The molecule has 2 heterocycles. The van der Waals surface area contributed by atoms with Crippen LogP contribution in [0, 0.1) is 0 Å². The fourth-order valence-electron chi connectivity index (χ4n) is 4.10. The molecule has 0 saturated carbocycles. The van der Waals surface area contributed by atoms with Crippen molar-refractivity contribution >= 4 is 27.6 Å². The molecule has 0 amide bonds. The van der Waals surface area contributed by atoms with E-state index in [1.807, 2.05) is 18.2 Å². The summed E-state index contributed by atoms with van der Waals surface area (Å²) in [6.07, 6.45) is 2.54. The molecule has 8 heteroatoms. The van der Waals surface area contributed by atoms with E-state index in [-0.39, 0.29) is 28.2 Å². The van der Waals surface area contributed by atoms with Crippen LogP contribution in [0.5, 0.6) is 0 Å². The van der Waals surface area contributed by atoms with Crippen LogP contribution in [-0.2, 0) is 0 Å². The highest BCUT2D eigenvalue weighted by Gasteiger charge is 2.50. The van der Waals surface area contributed by atoms with Crippen molar-refractivity contribution in [1.29, 1.82) is 0 Å². The number of alkyl halides is 1. The van der Waals surface area contributed by atoms with Crippen molar-refractivity contribution in [3.63, 3.8) is 0 Å². The molecule has 1 aromatic rings. The average Bonchev–Trinajstić information content (AvgIpc) is 2.61. The first-order chi connectivity index (χ1) is 13.0. The number of hydrogen-bond acceptors (Lipinski definition) is 5. The van der Waals surface area contributed by atoms with E-state index in [2.05, 4.69) is 71.2 Å². The van der Waals surface area contributed by atoms with Gasteiger partial charge in [0.1, 0.15) is 0 Å². The molecule has 0 spiro atoms. The quantitative estimate of drug-likeness (QED) is 0.391. The predicted molar refractivity (Wildman–Crippen MR) is 113 cm³/mol. The largest absolute Gasteiger partial charge is 0.324 e. The lowest BCUT2D eigenvalue weighted by atomic mass is 9.77. The van der Waals surface area contributed by atoms with Crippen LogP contribution in [0.15, 0.2) is 47.4 Å². The molecule has 1 atom stereocenters. The summed E-state index contributed by atoms with van der Waals surface area (Å²) >= 11 is 3.27. The zero-order chi connectivity index (χ0) is 20.7. The minimum atomic E-state index is -1.81. The fourth-order valence-corrected chi connectivity index (χ4v) is 4.69. The summed E-state index contributed by atoms with van der Waals surface area (Å²) in [7, 11) is 2.09. The molecule has 1 aromatic carbocycles. The molecule has 2 aliphatic rings. The summed E-state index contributed by atoms with van der Waals surface area (Å²) in [5.74, 6) is -0.827. The van der Waals surface area contributed by atoms with E-state index in [0.717, 1.165) is 19.0 Å². The van der Waals surface area contributed by atoms with E-state index in [1.54, 1.807) is 12.1 Å². The molecule has 1 fully saturated rings. The molecule has 28 heavy (non-hydrogen) atoms. The minimum absolute atomic E-state index is 0.0941. The number of piperidine rings is 1. The van der Waals surface area contributed by atoms with Gasteiger partial charge in [-0.25, -0.2) is 9.38 Å². The number of hydrogen-bond donors (Lipinski definition) is 2. The molecular weight excluding hydrogens is 428 g/mol. The molecular formula is C20H28BrF2N5. The Balaban J connectivity index is 1.81. The maximum Gasteiger partial charge on any atom is 0.235 e. The Kier molecular flexibility index (Phi) is 5.59. The molecule has 0 aromatic heterocycles. The van der Waals surface area contributed by atoms with Crippen LogP contribution < -0.4 is 10.6 Å². The number of para-hydroxylation sites is 1. The SMILES string of the molecule is CN1C(C)(C)CC(NC2(Br)C(F)=CN=C(Nc3ccccc3)N2F)CC1(C)C. The van der Waals surface area contributed by atoms with Crippen LogP contribution in [0.25, 0.3) is 0 Å². The molecule has 2 N–H and O–H groups in total. The van der Waals surface area contributed by atoms with Gasteiger partial charge in [0.2, 0.25) is 10.5 Å². The Morgan fingerprint density at radius 3 is 2.25 bits per heavy atom. The van der Waals surface area contributed by atoms with Gasteiger partial charge in [-0.05, 0) is 75.6 Å². The number of benzene rings is 1. The Labute approximate surface area is 173 Å². The molecule has 0 aliphatic carbocycles. The van der Waals surface area contributed by atoms with Crippen molar-refractivity contribution in [3.05, 3.63) is 42.4 Å². The second-order valence-electron chi connectivity index (χ2n) is 8.76. The summed E-state index contributed by atoms with van der Waals surface area (Å²) in [5, 5.41) is 6.32. The third kappa shape index (κ3) is 3.95. The van der Waals surface area contributed by atoms with E-state index in [4.69, 9.17) is 0 Å². The van der Waals surface area contributed by atoms with Crippen molar-refractivity contribution in [2.24, 2.45) is 4.99 Å². The van der Waals surface area contributed by atoms with Gasteiger partial charge in [0, 0.05) is 22.8 Å². The number of nitrogens with one attached hydrogen (secondary N) is 2. The lowest BCUT2D eigenvalue weighted by Crippen LogP contribution is -2.66. The van der Waals surface area contributed by atoms with Gasteiger partial charge >= 0.3 is 0 Å². The molecule has 0 radical (unpaired) electrons. The number of rotatable bonds is 3. The van der Waals surface area contributed by atoms with Crippen LogP contribution in [0.1, 0.15) is 40.5 Å². The second kappa shape index (κ2) is 7.39. The van der Waals surface area contributed by atoms with Gasteiger partial charge in [0.05, 0.1) is 6.20 Å². The first-order valence-corrected chi connectivity index (χ1v) is 10.2. The lowest BCUT2D eigenvalue weighted by Gasteiger charge is -2.55. The Morgan fingerprint density at radius 1 is 1.11 bits per heavy atom. The van der Waals surface area contributed by atoms with Crippen LogP contribution in [0.3, 0.4) is 0 Å². The van der Waals surface area contributed by atoms with Crippen LogP contribution in [-0.4, -0.2) is 44.7 Å². The standard InChI is InChI=1S/C20H28BrF2N5/c1-18(2)11-15(12-19(3,4)27(18)5)26-20(21)16(22)13-24-17(28(20)23)25-14-9-7-6-8-10-14/h6-10,13,15,26H,11-12H2,1-5H3,(H,24,25). The fraction of sp³-hybridized carbons (Fsp3) is 0.550. The van der Waals surface area contributed by atoms with Gasteiger partial charge in [-0.3, -0.25) is 10.2 Å². The van der Waals surface area contributed by atoms with E-state index in [1.165, 1.54) is 0 Å². The maximum absolute atomic E-state index is 15.3. The summed E-state index contributed by atoms with van der Waals surface area (Å²) in [6.45, 7) is 8.59. The maximum atomic E-state index is 15.3. The Hall–Kier alpha value is -1.51.